The monoisotopic (exact) mass is 311 g/mol. The zero-order valence-electron chi connectivity index (χ0n) is 11.5. The van der Waals surface area contributed by atoms with Crippen molar-refractivity contribution < 1.29 is 8.42 Å². The molecular formula is C13H17N3O2S2. The van der Waals surface area contributed by atoms with Crippen LogP contribution in [0.2, 0.25) is 0 Å². The summed E-state index contributed by atoms with van der Waals surface area (Å²) in [5, 5.41) is 4.09. The lowest BCUT2D eigenvalue weighted by atomic mass is 10.0. The number of anilines is 2. The van der Waals surface area contributed by atoms with Gasteiger partial charge in [0.25, 0.3) is 0 Å². The Balaban J connectivity index is 2.14. The maximum Gasteiger partial charge on any atom is 0.232 e. The highest BCUT2D eigenvalue weighted by molar-refractivity contribution is 7.92. The molecule has 0 saturated heterocycles. The van der Waals surface area contributed by atoms with Gasteiger partial charge in [0.1, 0.15) is 0 Å². The first-order valence-corrected chi connectivity index (χ1v) is 9.30. The Morgan fingerprint density at radius 2 is 2.25 bits per heavy atom. The number of hydrogen-bond donors (Lipinski definition) is 1. The quantitative estimate of drug-likeness (QED) is 0.946. The SMILES string of the molecule is CCNc1nc2cc3c(cc2s1)CCCN3S(C)(=O)=O. The van der Waals surface area contributed by atoms with Crippen LogP contribution >= 0.6 is 11.3 Å². The largest absolute Gasteiger partial charge is 0.362 e. The third-order valence-corrected chi connectivity index (χ3v) is 5.55. The first-order chi connectivity index (χ1) is 9.49. The van der Waals surface area contributed by atoms with E-state index in [1.807, 2.05) is 13.0 Å². The molecule has 1 aliphatic heterocycles. The summed E-state index contributed by atoms with van der Waals surface area (Å²) in [7, 11) is -3.22. The van der Waals surface area contributed by atoms with Gasteiger partial charge in [-0.1, -0.05) is 11.3 Å². The number of rotatable bonds is 3. The molecule has 108 valence electrons. The van der Waals surface area contributed by atoms with E-state index in [4.69, 9.17) is 0 Å². The third-order valence-electron chi connectivity index (χ3n) is 3.39. The van der Waals surface area contributed by atoms with Crippen molar-refractivity contribution in [1.29, 1.82) is 0 Å². The van der Waals surface area contributed by atoms with Crippen molar-refractivity contribution in [2.75, 3.05) is 29.0 Å². The predicted octanol–water partition coefficient (Wildman–Crippen LogP) is 2.44. The maximum atomic E-state index is 11.9. The number of hydrogen-bond acceptors (Lipinski definition) is 5. The van der Waals surface area contributed by atoms with Crippen molar-refractivity contribution in [3.8, 4) is 0 Å². The van der Waals surface area contributed by atoms with Crippen molar-refractivity contribution in [2.24, 2.45) is 0 Å². The number of nitrogens with zero attached hydrogens (tertiary/aromatic N) is 2. The van der Waals surface area contributed by atoms with Crippen LogP contribution in [0.4, 0.5) is 10.8 Å². The number of fused-ring (bicyclic) bond motifs is 2. The van der Waals surface area contributed by atoms with E-state index in [0.29, 0.717) is 6.54 Å². The number of sulfonamides is 1. The van der Waals surface area contributed by atoms with E-state index < -0.39 is 10.0 Å². The number of aromatic nitrogens is 1. The van der Waals surface area contributed by atoms with Crippen molar-refractivity contribution >= 4 is 42.4 Å². The molecule has 2 aromatic rings. The van der Waals surface area contributed by atoms with Crippen molar-refractivity contribution in [2.45, 2.75) is 19.8 Å². The Hall–Kier alpha value is -1.34. The van der Waals surface area contributed by atoms with E-state index in [0.717, 1.165) is 46.0 Å². The highest BCUT2D eigenvalue weighted by Crippen LogP contribution is 2.36. The van der Waals surface area contributed by atoms with E-state index in [1.54, 1.807) is 11.3 Å². The van der Waals surface area contributed by atoms with Crippen LogP contribution in [0, 0.1) is 0 Å². The van der Waals surface area contributed by atoms with E-state index in [-0.39, 0.29) is 0 Å². The van der Waals surface area contributed by atoms with Crippen molar-refractivity contribution in [1.82, 2.24) is 4.98 Å². The Morgan fingerprint density at radius 1 is 1.45 bits per heavy atom. The molecule has 0 radical (unpaired) electrons. The van der Waals surface area contributed by atoms with Crippen LogP contribution in [0.1, 0.15) is 18.9 Å². The number of benzene rings is 1. The Morgan fingerprint density at radius 3 is 2.95 bits per heavy atom. The van der Waals surface area contributed by atoms with E-state index in [9.17, 15) is 8.42 Å². The van der Waals surface area contributed by atoms with E-state index >= 15 is 0 Å². The van der Waals surface area contributed by atoms with Crippen LogP contribution in [-0.2, 0) is 16.4 Å². The molecule has 0 fully saturated rings. The maximum absolute atomic E-state index is 11.9. The van der Waals surface area contributed by atoms with Gasteiger partial charge in [-0.05, 0) is 37.5 Å². The lowest BCUT2D eigenvalue weighted by Gasteiger charge is -2.29. The second-order valence-electron chi connectivity index (χ2n) is 4.94. The van der Waals surface area contributed by atoms with Gasteiger partial charge in [0.15, 0.2) is 5.13 Å². The molecule has 1 N–H and O–H groups in total. The molecule has 1 aliphatic rings. The fraction of sp³-hybridized carbons (Fsp3) is 0.462. The molecule has 20 heavy (non-hydrogen) atoms. The molecule has 2 heterocycles. The summed E-state index contributed by atoms with van der Waals surface area (Å²) in [5.74, 6) is 0. The molecule has 3 rings (SSSR count). The molecule has 1 aromatic carbocycles. The van der Waals surface area contributed by atoms with Gasteiger partial charge in [-0.15, -0.1) is 0 Å². The van der Waals surface area contributed by atoms with Crippen molar-refractivity contribution in [3.05, 3.63) is 17.7 Å². The van der Waals surface area contributed by atoms with Crippen LogP contribution in [0.15, 0.2) is 12.1 Å². The van der Waals surface area contributed by atoms with Gasteiger partial charge in [0, 0.05) is 13.1 Å². The fourth-order valence-electron chi connectivity index (χ4n) is 2.54. The summed E-state index contributed by atoms with van der Waals surface area (Å²) >= 11 is 1.61. The molecule has 0 aliphatic carbocycles. The summed E-state index contributed by atoms with van der Waals surface area (Å²) < 4.78 is 26.4. The van der Waals surface area contributed by atoms with Gasteiger partial charge in [0.2, 0.25) is 10.0 Å². The van der Waals surface area contributed by atoms with Gasteiger partial charge >= 0.3 is 0 Å². The van der Waals surface area contributed by atoms with Gasteiger partial charge in [-0.2, -0.15) is 0 Å². The molecule has 7 heteroatoms. The second kappa shape index (κ2) is 4.89. The number of aryl methyl sites for hydroxylation is 1. The van der Waals surface area contributed by atoms with Crippen LogP contribution < -0.4 is 9.62 Å². The van der Waals surface area contributed by atoms with Crippen LogP contribution in [0.3, 0.4) is 0 Å². The molecule has 0 bridgehead atoms. The van der Waals surface area contributed by atoms with Crippen LogP contribution in [0.25, 0.3) is 10.2 Å². The van der Waals surface area contributed by atoms with Gasteiger partial charge in [-0.3, -0.25) is 4.31 Å². The summed E-state index contributed by atoms with van der Waals surface area (Å²) in [4.78, 5) is 4.51. The first kappa shape index (κ1) is 13.6. The summed E-state index contributed by atoms with van der Waals surface area (Å²) in [5.41, 5.74) is 2.75. The normalized spacial score (nSPS) is 15.4. The molecule has 0 saturated carbocycles. The molecular weight excluding hydrogens is 294 g/mol. The smallest absolute Gasteiger partial charge is 0.232 e. The summed E-state index contributed by atoms with van der Waals surface area (Å²) in [6.45, 7) is 3.42. The topological polar surface area (TPSA) is 62.3 Å². The van der Waals surface area contributed by atoms with Gasteiger partial charge < -0.3 is 5.32 Å². The second-order valence-corrected chi connectivity index (χ2v) is 7.87. The lowest BCUT2D eigenvalue weighted by molar-refractivity contribution is 0.592. The lowest BCUT2D eigenvalue weighted by Crippen LogP contribution is -2.34. The first-order valence-electron chi connectivity index (χ1n) is 6.64. The molecule has 5 nitrogen and oxygen atoms in total. The molecule has 0 unspecified atom stereocenters. The highest BCUT2D eigenvalue weighted by Gasteiger charge is 2.25. The van der Waals surface area contributed by atoms with Crippen molar-refractivity contribution in [3.63, 3.8) is 0 Å². The standard InChI is InChI=1S/C13H17N3O2S2/c1-3-14-13-15-10-8-11-9(7-12(10)19-13)5-4-6-16(11)20(2,17)18/h7-8H,3-6H2,1-2H3,(H,14,15). The van der Waals surface area contributed by atoms with Gasteiger partial charge in [0.05, 0.1) is 22.2 Å². The minimum Gasteiger partial charge on any atom is -0.362 e. The number of nitrogens with one attached hydrogen (secondary N) is 1. The Kier molecular flexibility index (Phi) is 3.33. The average Bonchev–Trinajstić information content (AvgIpc) is 2.75. The minimum atomic E-state index is -3.22. The number of thiazole rings is 1. The third kappa shape index (κ3) is 2.35. The Labute approximate surface area is 122 Å². The zero-order chi connectivity index (χ0) is 14.3. The molecule has 1 aromatic heterocycles. The van der Waals surface area contributed by atoms with Gasteiger partial charge in [-0.25, -0.2) is 13.4 Å². The fourth-order valence-corrected chi connectivity index (χ4v) is 4.51. The molecule has 0 spiro atoms. The molecule has 0 atom stereocenters. The van der Waals surface area contributed by atoms with Crippen LogP contribution in [0.5, 0.6) is 0 Å². The Bertz CT molecular complexity index is 752. The van der Waals surface area contributed by atoms with Crippen LogP contribution in [-0.4, -0.2) is 32.7 Å². The summed E-state index contributed by atoms with van der Waals surface area (Å²) in [6.07, 6.45) is 3.05. The average molecular weight is 311 g/mol. The van der Waals surface area contributed by atoms with E-state index in [1.165, 1.54) is 10.6 Å². The van der Waals surface area contributed by atoms with E-state index in [2.05, 4.69) is 16.4 Å². The highest BCUT2D eigenvalue weighted by atomic mass is 32.2. The predicted molar refractivity (Wildman–Crippen MR) is 84.3 cm³/mol. The zero-order valence-corrected chi connectivity index (χ0v) is 13.1. The minimum absolute atomic E-state index is 0.557. The summed E-state index contributed by atoms with van der Waals surface area (Å²) in [6, 6.07) is 3.99. The molecule has 0 amide bonds.